The number of thioether (sulfide) groups is 1. The van der Waals surface area contributed by atoms with E-state index >= 15 is 0 Å². The Balaban J connectivity index is 0. The summed E-state index contributed by atoms with van der Waals surface area (Å²) in [5.74, 6) is 1.16. The molecular formula is C43H79Cl9Cr3N6O4P3S2+3. The average molecular weight is 1380 g/mol. The zero-order valence-electron chi connectivity index (χ0n) is 42.4. The van der Waals surface area contributed by atoms with E-state index in [1.807, 2.05) is 37.6 Å². The molecule has 7 rings (SSSR count). The number of para-hydroxylation sites is 1. The SMILES string of the molecule is CC(C)[PH+](NC1=NCCS1)C(C)C.CC(C)[PH+](Nc1nc2ccccc2s1)C(C)C.CC(C)[PH+](Nc1ncco1)C(C)C.[CH-]1CCCO1.[CH-]1CCCO1.[CH-]1CCCO1.[Cl][Cr+]([Cl])[Cl].[Cl][Cr+]([Cl])[Cl].[Cl][Cr+]([Cl])[Cl]. The minimum atomic E-state index is -1.62. The van der Waals surface area contributed by atoms with E-state index in [0.29, 0.717) is 28.7 Å². The molecule has 27 heteroatoms. The number of nitrogens with zero attached hydrogens (tertiary/aromatic N) is 3. The van der Waals surface area contributed by atoms with Gasteiger partial charge in [-0.15, -0.1) is 0 Å². The zero-order valence-corrected chi connectivity index (χ0v) is 57.6. The summed E-state index contributed by atoms with van der Waals surface area (Å²) < 4.78 is 20.9. The van der Waals surface area contributed by atoms with Gasteiger partial charge in [0.1, 0.15) is 6.26 Å². The van der Waals surface area contributed by atoms with Gasteiger partial charge in [0.25, 0.3) is 0 Å². The van der Waals surface area contributed by atoms with Gasteiger partial charge >= 0.3 is 131 Å². The Kier molecular flexibility index (Phi) is 52.8. The Morgan fingerprint density at radius 1 is 0.586 bits per heavy atom. The Morgan fingerprint density at radius 3 is 1.29 bits per heavy atom. The number of thiazole rings is 1. The number of oxazole rings is 1. The van der Waals surface area contributed by atoms with Crippen molar-refractivity contribution in [1.82, 2.24) is 15.1 Å². The molecule has 6 heterocycles. The number of aromatic nitrogens is 2. The first-order valence-corrected chi connectivity index (χ1v) is 45.4. The first-order valence-electron chi connectivity index (χ1n) is 22.8. The maximum absolute atomic E-state index is 5.17. The Morgan fingerprint density at radius 2 is 0.986 bits per heavy atom. The van der Waals surface area contributed by atoms with Crippen LogP contribution in [0.25, 0.3) is 10.2 Å². The molecule has 0 amide bonds. The number of hydrogen-bond donors (Lipinski definition) is 3. The molecule has 70 heavy (non-hydrogen) atoms. The van der Waals surface area contributed by atoms with Gasteiger partial charge in [0.15, 0.2) is 5.17 Å². The molecule has 0 atom stereocenters. The molecule has 410 valence electrons. The van der Waals surface area contributed by atoms with Crippen LogP contribution in [0.3, 0.4) is 0 Å². The van der Waals surface area contributed by atoms with E-state index < -0.39 is 58.4 Å². The van der Waals surface area contributed by atoms with Gasteiger partial charge < -0.3 is 18.6 Å². The molecule has 2 aromatic heterocycles. The number of rotatable bonds is 11. The fourth-order valence-electron chi connectivity index (χ4n) is 6.11. The Bertz CT molecular complexity index is 1520. The molecular weight excluding hydrogens is 1300 g/mol. The van der Waals surface area contributed by atoms with Crippen LogP contribution in [0, 0.1) is 19.8 Å². The fraction of sp³-hybridized carbons (Fsp3) is 0.674. The third-order valence-corrected chi connectivity index (χ3v) is 20.1. The Hall–Kier alpha value is 3.12. The summed E-state index contributed by atoms with van der Waals surface area (Å²) in [6.45, 7) is 36.8. The quantitative estimate of drug-likeness (QED) is 0.127. The van der Waals surface area contributed by atoms with Crippen molar-refractivity contribution >= 4 is 164 Å². The van der Waals surface area contributed by atoms with Gasteiger partial charge in [0, 0.05) is 25.6 Å². The van der Waals surface area contributed by atoms with Gasteiger partial charge in [-0.1, -0.05) is 54.5 Å². The number of ether oxygens (including phenoxy) is 3. The van der Waals surface area contributed by atoms with E-state index in [-0.39, 0.29) is 0 Å². The number of halogens is 9. The summed E-state index contributed by atoms with van der Waals surface area (Å²) >= 11 is -1.24. The molecule has 3 fully saturated rings. The summed E-state index contributed by atoms with van der Waals surface area (Å²) in [6, 6.07) is 8.99. The van der Waals surface area contributed by atoms with Gasteiger partial charge in [-0.05, 0) is 95.2 Å². The van der Waals surface area contributed by atoms with Crippen LogP contribution < -0.4 is 15.3 Å². The number of fused-ring (bicyclic) bond motifs is 1. The first-order chi connectivity index (χ1) is 33.0. The minimum absolute atomic E-state index is 0.463. The second kappa shape index (κ2) is 49.2. The molecule has 10 nitrogen and oxygen atoms in total. The van der Waals surface area contributed by atoms with E-state index in [1.165, 1.54) is 29.1 Å². The molecule has 0 aliphatic carbocycles. The second-order valence-corrected chi connectivity index (χ2v) is 48.1. The molecule has 3 saturated heterocycles. The number of nitrogens with one attached hydrogen (secondary N) is 3. The van der Waals surface area contributed by atoms with Crippen molar-refractivity contribution in [2.24, 2.45) is 4.99 Å². The molecule has 0 bridgehead atoms. The van der Waals surface area contributed by atoms with E-state index in [4.69, 9.17) is 109 Å². The third-order valence-electron chi connectivity index (χ3n) is 8.90. The predicted octanol–water partition coefficient (Wildman–Crippen LogP) is 19.4. The fourth-order valence-corrected chi connectivity index (χ4v) is 15.3. The van der Waals surface area contributed by atoms with E-state index in [2.05, 4.69) is 132 Å². The summed E-state index contributed by atoms with van der Waals surface area (Å²) in [5.41, 5.74) is 5.43. The van der Waals surface area contributed by atoms with Gasteiger partial charge in [0.05, 0.1) is 81.1 Å². The van der Waals surface area contributed by atoms with Crippen molar-refractivity contribution in [1.29, 1.82) is 0 Å². The molecule has 0 saturated carbocycles. The number of hydrogen-bond acceptors (Lipinski definition) is 12. The standard InChI is InChI=1S/C13H19N2PS.C9H17N2OP.C9H19N2PS.3C4H7O.9ClH.3Cr/c1-9(2)16(10(3)4)15-13-14-11-7-5-6-8-12(11)17-13;1-7(2)13(8(3)4)11-9-10-5-6-12-9;1-7(2)12(8(3)4)11-9-10-5-6-13-9;3*1-2-4-5-3-1;;;;;;;;;;;;/h5-10H,1-4H3,(H,14,15);5-8H,1-4H3,(H,10,11);7-8H,5-6H2,1-4H3,(H,10,11);3*3H,1-2,4H2;9*1H;;;/q;;;3*-1;;;;;;;;;;3*+4/p-6. The summed E-state index contributed by atoms with van der Waals surface area (Å²) in [5, 5.41) is 13.0. The third kappa shape index (κ3) is 46.1. The normalized spacial score (nSPS) is 15.0. The monoisotopic (exact) mass is 1370 g/mol. The van der Waals surface area contributed by atoms with Crippen LogP contribution >= 0.6 is 138 Å². The predicted molar refractivity (Wildman–Crippen MR) is 318 cm³/mol. The van der Waals surface area contributed by atoms with E-state index in [9.17, 15) is 0 Å². The van der Waals surface area contributed by atoms with Crippen LogP contribution in [0.2, 0.25) is 0 Å². The summed E-state index contributed by atoms with van der Waals surface area (Å²) in [7, 11) is 42.7. The van der Waals surface area contributed by atoms with E-state index in [0.717, 1.165) is 73.3 Å². The second-order valence-electron chi connectivity index (χ2n) is 16.6. The Labute approximate surface area is 486 Å². The number of aliphatic imine (C=N–C) groups is 1. The van der Waals surface area contributed by atoms with Crippen LogP contribution in [0.4, 0.5) is 11.1 Å². The number of anilines is 2. The van der Waals surface area contributed by atoms with Crippen LogP contribution in [0.15, 0.2) is 46.1 Å². The first kappa shape index (κ1) is 75.2. The van der Waals surface area contributed by atoms with Gasteiger partial charge in [0.2, 0.25) is 5.13 Å². The molecule has 1 aromatic carbocycles. The topological polar surface area (TPSA) is 115 Å². The number of amidine groups is 1. The zero-order chi connectivity index (χ0) is 53.4. The van der Waals surface area contributed by atoms with Crippen molar-refractivity contribution in [3.63, 3.8) is 0 Å². The van der Waals surface area contributed by atoms with Crippen LogP contribution in [0.1, 0.15) is 122 Å². The van der Waals surface area contributed by atoms with Crippen LogP contribution in [0.5, 0.6) is 0 Å². The molecule has 3 aromatic rings. The molecule has 0 radical (unpaired) electrons. The molecule has 3 N–H and O–H groups in total. The summed E-state index contributed by atoms with van der Waals surface area (Å²) in [4.78, 5) is 13.2. The summed E-state index contributed by atoms with van der Waals surface area (Å²) in [6.07, 6.45) is 10.4. The van der Waals surface area contributed by atoms with Crippen LogP contribution in [-0.4, -0.2) is 81.2 Å². The van der Waals surface area contributed by atoms with Gasteiger partial charge in [-0.3, -0.25) is 4.99 Å². The molecule has 4 aliphatic heterocycles. The average Bonchev–Trinajstić information content (AvgIpc) is 4.13. The van der Waals surface area contributed by atoms with Crippen molar-refractivity contribution in [3.05, 3.63) is 56.5 Å². The molecule has 4 aliphatic rings. The van der Waals surface area contributed by atoms with Gasteiger partial charge in [-0.2, -0.15) is 24.2 Å². The van der Waals surface area contributed by atoms with Crippen molar-refractivity contribution in [2.75, 3.05) is 42.3 Å². The molecule has 0 unspecified atom stereocenters. The van der Waals surface area contributed by atoms with Gasteiger partial charge in [-0.25, -0.2) is 40.1 Å². The van der Waals surface area contributed by atoms with Crippen molar-refractivity contribution in [2.45, 2.75) is 156 Å². The van der Waals surface area contributed by atoms with Crippen molar-refractivity contribution in [3.8, 4) is 0 Å². The molecule has 0 spiro atoms. The maximum atomic E-state index is 5.17. The number of benzene rings is 1. The van der Waals surface area contributed by atoms with Crippen LogP contribution in [-0.2, 0) is 48.4 Å². The van der Waals surface area contributed by atoms with Crippen molar-refractivity contribution < 1.29 is 52.8 Å². The van der Waals surface area contributed by atoms with E-state index in [1.54, 1.807) is 23.8 Å².